The Labute approximate surface area is 100 Å². The second-order valence-corrected chi connectivity index (χ2v) is 4.64. The number of nitrogens with two attached hydrogens (primary N) is 1. The van der Waals surface area contributed by atoms with Gasteiger partial charge in [-0.1, -0.05) is 0 Å². The largest absolute Gasteiger partial charge is 0.396 e. The lowest BCUT2D eigenvalue weighted by atomic mass is 10.1. The Morgan fingerprint density at radius 3 is 3.12 bits per heavy atom. The second-order valence-electron chi connectivity index (χ2n) is 4.64. The van der Waals surface area contributed by atoms with E-state index in [4.69, 9.17) is 5.73 Å². The molecule has 0 aromatic carbocycles. The normalized spacial score (nSPS) is 24.0. The molecule has 90 valence electrons. The highest BCUT2D eigenvalue weighted by atomic mass is 16.2. The van der Waals surface area contributed by atoms with Gasteiger partial charge in [0, 0.05) is 38.3 Å². The van der Waals surface area contributed by atoms with Gasteiger partial charge in [0.05, 0.1) is 5.69 Å². The van der Waals surface area contributed by atoms with Crippen LogP contribution < -0.4 is 10.6 Å². The fraction of sp³-hybridized carbons (Fsp3) is 0.500. The van der Waals surface area contributed by atoms with Crippen LogP contribution in [-0.4, -0.2) is 41.5 Å². The Morgan fingerprint density at radius 2 is 2.29 bits per heavy atom. The SMILES string of the molecule is Nc1cccnc1N1CCN2C(=O)CCC2C1. The molecule has 1 atom stereocenters. The monoisotopic (exact) mass is 232 g/mol. The number of rotatable bonds is 1. The summed E-state index contributed by atoms with van der Waals surface area (Å²) in [4.78, 5) is 20.1. The standard InChI is InChI=1S/C12H16N4O/c13-10-2-1-5-14-12(10)15-6-7-16-9(8-15)3-4-11(16)17/h1-2,5,9H,3-4,6-8,13H2. The van der Waals surface area contributed by atoms with Crippen LogP contribution >= 0.6 is 0 Å². The topological polar surface area (TPSA) is 62.5 Å². The minimum atomic E-state index is 0.295. The summed E-state index contributed by atoms with van der Waals surface area (Å²) in [6, 6.07) is 4.06. The number of carbonyl (C=O) groups is 1. The molecule has 1 amide bonds. The molecular weight excluding hydrogens is 216 g/mol. The van der Waals surface area contributed by atoms with Crippen LogP contribution in [-0.2, 0) is 4.79 Å². The zero-order valence-corrected chi connectivity index (χ0v) is 9.67. The minimum absolute atomic E-state index is 0.295. The summed E-state index contributed by atoms with van der Waals surface area (Å²) in [5.74, 6) is 1.15. The quantitative estimate of drug-likeness (QED) is 0.764. The molecule has 0 saturated carbocycles. The van der Waals surface area contributed by atoms with Crippen molar-refractivity contribution in [3.05, 3.63) is 18.3 Å². The smallest absolute Gasteiger partial charge is 0.223 e. The van der Waals surface area contributed by atoms with Gasteiger partial charge in [-0.15, -0.1) is 0 Å². The van der Waals surface area contributed by atoms with E-state index in [1.807, 2.05) is 17.0 Å². The zero-order valence-electron chi connectivity index (χ0n) is 9.67. The minimum Gasteiger partial charge on any atom is -0.396 e. The summed E-state index contributed by atoms with van der Waals surface area (Å²) >= 11 is 0. The molecule has 1 aromatic rings. The average Bonchev–Trinajstić information content (AvgIpc) is 2.71. The van der Waals surface area contributed by atoms with Gasteiger partial charge >= 0.3 is 0 Å². The first-order chi connectivity index (χ1) is 8.25. The molecule has 2 saturated heterocycles. The molecule has 1 unspecified atom stereocenters. The number of hydrogen-bond donors (Lipinski definition) is 1. The third-order valence-corrected chi connectivity index (χ3v) is 3.61. The summed E-state index contributed by atoms with van der Waals surface area (Å²) in [5.41, 5.74) is 6.64. The molecule has 1 aromatic heterocycles. The van der Waals surface area contributed by atoms with E-state index >= 15 is 0 Å². The molecule has 2 N–H and O–H groups in total. The fourth-order valence-electron chi connectivity index (χ4n) is 2.73. The summed E-state index contributed by atoms with van der Waals surface area (Å²) in [7, 11) is 0. The van der Waals surface area contributed by atoms with Gasteiger partial charge in [0.2, 0.25) is 5.91 Å². The zero-order chi connectivity index (χ0) is 11.8. The number of nitrogen functional groups attached to an aromatic ring is 1. The van der Waals surface area contributed by atoms with E-state index in [1.165, 1.54) is 0 Å². The highest BCUT2D eigenvalue weighted by Gasteiger charge is 2.36. The number of aromatic nitrogens is 1. The fourth-order valence-corrected chi connectivity index (χ4v) is 2.73. The number of anilines is 2. The first-order valence-electron chi connectivity index (χ1n) is 6.00. The molecule has 3 rings (SSSR count). The highest BCUT2D eigenvalue weighted by molar-refractivity contribution is 5.79. The number of nitrogens with zero attached hydrogens (tertiary/aromatic N) is 3. The molecule has 0 aliphatic carbocycles. The number of amides is 1. The van der Waals surface area contributed by atoms with Gasteiger partial charge in [-0.3, -0.25) is 4.79 Å². The Bertz CT molecular complexity index is 448. The molecule has 3 heterocycles. The van der Waals surface area contributed by atoms with Crippen LogP contribution in [0.2, 0.25) is 0 Å². The van der Waals surface area contributed by atoms with E-state index in [9.17, 15) is 4.79 Å². The van der Waals surface area contributed by atoms with Crippen molar-refractivity contribution in [2.24, 2.45) is 0 Å². The van der Waals surface area contributed by atoms with Crippen molar-refractivity contribution in [3.63, 3.8) is 0 Å². The lowest BCUT2D eigenvalue weighted by Crippen LogP contribution is -2.51. The lowest BCUT2D eigenvalue weighted by Gasteiger charge is -2.38. The Kier molecular flexibility index (Phi) is 2.39. The van der Waals surface area contributed by atoms with Crippen LogP contribution in [0.4, 0.5) is 11.5 Å². The summed E-state index contributed by atoms with van der Waals surface area (Å²) in [6.07, 6.45) is 3.41. The molecule has 2 aliphatic rings. The van der Waals surface area contributed by atoms with Gasteiger partial charge < -0.3 is 15.5 Å². The molecule has 2 aliphatic heterocycles. The Balaban J connectivity index is 1.80. The summed E-state index contributed by atoms with van der Waals surface area (Å²) in [6.45, 7) is 2.47. The number of fused-ring (bicyclic) bond motifs is 1. The first kappa shape index (κ1) is 10.4. The van der Waals surface area contributed by atoms with Crippen LogP contribution in [0.1, 0.15) is 12.8 Å². The van der Waals surface area contributed by atoms with Crippen LogP contribution in [0.25, 0.3) is 0 Å². The van der Waals surface area contributed by atoms with Gasteiger partial charge in [-0.05, 0) is 18.6 Å². The lowest BCUT2D eigenvalue weighted by molar-refractivity contribution is -0.129. The van der Waals surface area contributed by atoms with E-state index in [1.54, 1.807) is 6.20 Å². The van der Waals surface area contributed by atoms with Crippen LogP contribution in [0.3, 0.4) is 0 Å². The van der Waals surface area contributed by atoms with E-state index in [2.05, 4.69) is 9.88 Å². The van der Waals surface area contributed by atoms with Gasteiger partial charge in [0.25, 0.3) is 0 Å². The number of pyridine rings is 1. The second kappa shape index (κ2) is 3.91. The van der Waals surface area contributed by atoms with E-state index in [0.29, 0.717) is 24.1 Å². The van der Waals surface area contributed by atoms with Crippen LogP contribution in [0.5, 0.6) is 0 Å². The van der Waals surface area contributed by atoms with Crippen molar-refractivity contribution in [1.82, 2.24) is 9.88 Å². The third-order valence-electron chi connectivity index (χ3n) is 3.61. The van der Waals surface area contributed by atoms with Crippen molar-refractivity contribution < 1.29 is 4.79 Å². The Morgan fingerprint density at radius 1 is 1.41 bits per heavy atom. The van der Waals surface area contributed by atoms with Crippen molar-refractivity contribution in [1.29, 1.82) is 0 Å². The van der Waals surface area contributed by atoms with E-state index in [-0.39, 0.29) is 0 Å². The summed E-state index contributed by atoms with van der Waals surface area (Å²) in [5, 5.41) is 0. The van der Waals surface area contributed by atoms with E-state index < -0.39 is 0 Å². The summed E-state index contributed by atoms with van der Waals surface area (Å²) < 4.78 is 0. The molecular formula is C12H16N4O. The molecule has 17 heavy (non-hydrogen) atoms. The maximum Gasteiger partial charge on any atom is 0.223 e. The van der Waals surface area contributed by atoms with Gasteiger partial charge in [-0.2, -0.15) is 0 Å². The predicted molar refractivity (Wildman–Crippen MR) is 65.6 cm³/mol. The van der Waals surface area contributed by atoms with Crippen LogP contribution in [0, 0.1) is 0 Å². The molecule has 0 bridgehead atoms. The molecule has 2 fully saturated rings. The first-order valence-corrected chi connectivity index (χ1v) is 6.00. The highest BCUT2D eigenvalue weighted by Crippen LogP contribution is 2.27. The number of carbonyl (C=O) groups excluding carboxylic acids is 1. The number of hydrogen-bond acceptors (Lipinski definition) is 4. The van der Waals surface area contributed by atoms with Crippen molar-refractivity contribution >= 4 is 17.4 Å². The third kappa shape index (κ3) is 1.71. The van der Waals surface area contributed by atoms with Gasteiger partial charge in [-0.25, -0.2) is 4.98 Å². The van der Waals surface area contributed by atoms with Gasteiger partial charge in [0.15, 0.2) is 5.82 Å². The van der Waals surface area contributed by atoms with Gasteiger partial charge in [0.1, 0.15) is 0 Å². The van der Waals surface area contributed by atoms with Crippen LogP contribution in [0.15, 0.2) is 18.3 Å². The van der Waals surface area contributed by atoms with Crippen molar-refractivity contribution in [2.45, 2.75) is 18.9 Å². The Hall–Kier alpha value is -1.78. The average molecular weight is 232 g/mol. The molecule has 0 spiro atoms. The van der Waals surface area contributed by atoms with Crippen molar-refractivity contribution in [2.75, 3.05) is 30.3 Å². The molecule has 5 nitrogen and oxygen atoms in total. The maximum absolute atomic E-state index is 11.6. The van der Waals surface area contributed by atoms with Crippen molar-refractivity contribution in [3.8, 4) is 0 Å². The molecule has 0 radical (unpaired) electrons. The predicted octanol–water partition coefficient (Wildman–Crippen LogP) is 0.475. The number of piperazine rings is 1. The maximum atomic E-state index is 11.6. The molecule has 5 heteroatoms. The van der Waals surface area contributed by atoms with E-state index in [0.717, 1.165) is 31.9 Å².